The molecule has 0 aromatic heterocycles. The zero-order chi connectivity index (χ0) is 28.4. The van der Waals surface area contributed by atoms with Crippen LogP contribution in [-0.2, 0) is 25.5 Å². The second-order valence-corrected chi connectivity index (χ2v) is 10.1. The van der Waals surface area contributed by atoms with Crippen LogP contribution in [0.15, 0.2) is 28.1 Å². The number of rotatable bonds is 5. The summed E-state index contributed by atoms with van der Waals surface area (Å²) in [5, 5.41) is 37.0. The fourth-order valence-electron chi connectivity index (χ4n) is 6.05. The Morgan fingerprint density at radius 2 is 1.82 bits per heavy atom. The molecule has 13 heteroatoms. The number of anilines is 1. The van der Waals surface area contributed by atoms with Crippen molar-refractivity contribution in [1.82, 2.24) is 4.90 Å². The number of amides is 1. The number of hydrogen-bond acceptors (Lipinski definition) is 12. The van der Waals surface area contributed by atoms with Crippen LogP contribution in [0, 0.1) is 16.7 Å². The predicted octanol–water partition coefficient (Wildman–Crippen LogP) is 0.509. The molecule has 3 aliphatic carbocycles. The molecule has 1 aromatic carbocycles. The van der Waals surface area contributed by atoms with Gasteiger partial charge in [-0.3, -0.25) is 19.3 Å². The van der Waals surface area contributed by atoms with Crippen LogP contribution >= 0.6 is 0 Å². The maximum Gasteiger partial charge on any atom is 0.340 e. The molecule has 1 aromatic rings. The van der Waals surface area contributed by atoms with Gasteiger partial charge in [-0.2, -0.15) is 0 Å². The Kier molecular flexibility index (Phi) is 6.40. The number of fused-ring (bicyclic) bond motifs is 3. The lowest BCUT2D eigenvalue weighted by molar-refractivity contribution is -0.153. The fourth-order valence-corrected chi connectivity index (χ4v) is 6.05. The van der Waals surface area contributed by atoms with Crippen LogP contribution in [0.25, 0.3) is 5.76 Å². The molecule has 0 radical (unpaired) electrons. The van der Waals surface area contributed by atoms with E-state index in [4.69, 9.17) is 10.5 Å². The summed E-state index contributed by atoms with van der Waals surface area (Å²) in [5.41, 5.74) is 1.34. The first-order valence-electron chi connectivity index (χ1n) is 11.7. The molecule has 3 aliphatic rings. The van der Waals surface area contributed by atoms with E-state index in [1.165, 1.54) is 25.1 Å². The summed E-state index contributed by atoms with van der Waals surface area (Å²) in [6, 6.07) is 0.218. The smallest absolute Gasteiger partial charge is 0.340 e. The lowest BCUT2D eigenvalue weighted by Crippen LogP contribution is -2.65. The van der Waals surface area contributed by atoms with Crippen molar-refractivity contribution in [3.8, 4) is 0 Å². The quantitative estimate of drug-likeness (QED) is 0.236. The molecule has 0 heterocycles. The van der Waals surface area contributed by atoms with Crippen molar-refractivity contribution in [2.75, 3.05) is 40.2 Å². The van der Waals surface area contributed by atoms with Crippen LogP contribution in [0.2, 0.25) is 0 Å². The monoisotopic (exact) mass is 528 g/mol. The average molecular weight is 529 g/mol. The second kappa shape index (κ2) is 9.03. The van der Waals surface area contributed by atoms with E-state index in [-0.39, 0.29) is 29.5 Å². The molecule has 4 atom stereocenters. The highest BCUT2D eigenvalue weighted by molar-refractivity contribution is 6.24. The number of nitrogens with two attached hydrogens (primary N) is 1. The van der Waals surface area contributed by atoms with Crippen LogP contribution in [0.5, 0.6) is 0 Å². The first kappa shape index (κ1) is 26.9. The Balaban J connectivity index is 2.05. The van der Waals surface area contributed by atoms with Gasteiger partial charge in [0.15, 0.2) is 11.4 Å². The minimum absolute atomic E-state index is 0.0543. The normalized spacial score (nSPS) is 26.6. The number of aliphatic hydroxyl groups excluding tert-OH is 2. The summed E-state index contributed by atoms with van der Waals surface area (Å²) in [6.07, 6.45) is 0.0211. The highest BCUT2D eigenvalue weighted by Crippen LogP contribution is 2.54. The molecule has 1 unspecified atom stereocenters. The van der Waals surface area contributed by atoms with Gasteiger partial charge in [-0.05, 0) is 49.7 Å². The van der Waals surface area contributed by atoms with E-state index in [0.29, 0.717) is 11.3 Å². The minimum Gasteiger partial charge on any atom is -0.508 e. The number of nitrogens with zero attached hydrogens (tertiary/aromatic N) is 3. The average Bonchev–Trinajstić information content (AvgIpc) is 2.84. The number of nitroso groups, excluding NO2 is 1. The Morgan fingerprint density at radius 3 is 2.32 bits per heavy atom. The molecular weight excluding hydrogens is 500 g/mol. The minimum atomic E-state index is -2.76. The van der Waals surface area contributed by atoms with Crippen LogP contribution in [0.4, 0.5) is 11.4 Å². The summed E-state index contributed by atoms with van der Waals surface area (Å²) in [6.45, 7) is 0. The number of likely N-dealkylation sites (N-methyl/N-ethyl adjacent to an activating group) is 1. The molecule has 0 bridgehead atoms. The van der Waals surface area contributed by atoms with Crippen molar-refractivity contribution in [3.63, 3.8) is 0 Å². The van der Waals surface area contributed by atoms with Crippen molar-refractivity contribution in [3.05, 3.63) is 44.6 Å². The molecule has 202 valence electrons. The number of hydrogen-bond donors (Lipinski definition) is 4. The van der Waals surface area contributed by atoms with Crippen molar-refractivity contribution in [2.24, 2.45) is 22.7 Å². The number of ether oxygens (including phenoxy) is 1. The summed E-state index contributed by atoms with van der Waals surface area (Å²) >= 11 is 0. The largest absolute Gasteiger partial charge is 0.508 e. The molecule has 1 fully saturated rings. The van der Waals surface area contributed by atoms with Crippen molar-refractivity contribution in [2.45, 2.75) is 24.5 Å². The zero-order valence-electron chi connectivity index (χ0n) is 21.4. The summed E-state index contributed by atoms with van der Waals surface area (Å²) < 4.78 is 4.77. The van der Waals surface area contributed by atoms with Gasteiger partial charge in [0.25, 0.3) is 5.91 Å². The van der Waals surface area contributed by atoms with E-state index < -0.39 is 69.7 Å². The molecule has 0 saturated heterocycles. The van der Waals surface area contributed by atoms with Crippen LogP contribution in [0.3, 0.4) is 0 Å². The third-order valence-corrected chi connectivity index (χ3v) is 7.68. The number of methoxy groups -OCH3 is 1. The number of esters is 1. The van der Waals surface area contributed by atoms with Crippen molar-refractivity contribution < 1.29 is 39.2 Å². The van der Waals surface area contributed by atoms with Crippen LogP contribution in [0.1, 0.15) is 27.9 Å². The maximum absolute atomic E-state index is 13.9. The maximum atomic E-state index is 13.9. The van der Waals surface area contributed by atoms with Crippen molar-refractivity contribution >= 4 is 40.6 Å². The molecule has 0 spiro atoms. The summed E-state index contributed by atoms with van der Waals surface area (Å²) in [5.74, 6) is -8.03. The van der Waals surface area contributed by atoms with E-state index in [1.54, 1.807) is 19.0 Å². The molecular formula is C25H28N4O9. The SMILES string of the molecule is COC(=O)c1cc(N(C)C)c2c(c1N=O)C(O)=C1C(=O)[C@]3(O)C(O)=C(C(N)=O)C(=O)C(N(C)C)[C@@H]3C[C@@H]1C2. The van der Waals surface area contributed by atoms with Gasteiger partial charge in [0.1, 0.15) is 22.8 Å². The number of carbonyl (C=O) groups excluding carboxylic acids is 4. The Morgan fingerprint density at radius 1 is 1.18 bits per heavy atom. The summed E-state index contributed by atoms with van der Waals surface area (Å²) in [7, 11) is 7.52. The molecule has 0 aliphatic heterocycles. The van der Waals surface area contributed by atoms with Gasteiger partial charge >= 0.3 is 5.97 Å². The predicted molar refractivity (Wildman–Crippen MR) is 134 cm³/mol. The van der Waals surface area contributed by atoms with Gasteiger partial charge < -0.3 is 30.7 Å². The van der Waals surface area contributed by atoms with Crippen LogP contribution in [-0.4, -0.2) is 90.6 Å². The first-order valence-corrected chi connectivity index (χ1v) is 11.7. The van der Waals surface area contributed by atoms with E-state index in [9.17, 15) is 39.4 Å². The van der Waals surface area contributed by atoms with Gasteiger partial charge in [-0.25, -0.2) is 4.79 Å². The van der Waals surface area contributed by atoms with E-state index in [0.717, 1.165) is 7.11 Å². The van der Waals surface area contributed by atoms with Gasteiger partial charge in [-0.1, -0.05) is 0 Å². The Hall–Kier alpha value is -4.10. The van der Waals surface area contributed by atoms with Crippen LogP contribution < -0.4 is 10.6 Å². The number of primary amides is 1. The molecule has 5 N–H and O–H groups in total. The van der Waals surface area contributed by atoms with Gasteiger partial charge in [0.05, 0.1) is 24.3 Å². The zero-order valence-corrected chi connectivity index (χ0v) is 21.4. The van der Waals surface area contributed by atoms with Gasteiger partial charge in [0, 0.05) is 31.3 Å². The first-order chi connectivity index (χ1) is 17.7. The second-order valence-electron chi connectivity index (χ2n) is 10.1. The molecule has 38 heavy (non-hydrogen) atoms. The molecule has 1 saturated carbocycles. The number of benzene rings is 1. The lowest BCUT2D eigenvalue weighted by Gasteiger charge is -2.50. The van der Waals surface area contributed by atoms with E-state index >= 15 is 0 Å². The van der Waals surface area contributed by atoms with Gasteiger partial charge in [-0.15, -0.1) is 4.91 Å². The highest BCUT2D eigenvalue weighted by Gasteiger charge is 2.64. The number of carbonyl (C=O) groups is 4. The standard InChI is InChI=1S/C25H28N4O9/c1-28(2)13-8-11(24(35)38-5)17(27-37)15-10(13)6-9-7-12-18(29(3)4)20(31)16(23(26)34)22(33)25(12,36)21(32)14(9)19(15)30/h8-9,12,18,30,33,36H,6-7H2,1-5H3,(H2,26,34)/t9-,12-,18?,25-/m0/s1. The summed E-state index contributed by atoms with van der Waals surface area (Å²) in [4.78, 5) is 66.6. The van der Waals surface area contributed by atoms with Gasteiger partial charge in [0.2, 0.25) is 5.78 Å². The molecule has 13 nitrogen and oxygen atoms in total. The number of aliphatic hydroxyl groups is 3. The molecule has 1 amide bonds. The fraction of sp³-hybridized carbons (Fsp3) is 0.440. The number of Topliss-reactive ketones (excluding diaryl/α,β-unsaturated/α-hetero) is 2. The highest BCUT2D eigenvalue weighted by atomic mass is 16.5. The molecule has 4 rings (SSSR count). The van der Waals surface area contributed by atoms with E-state index in [2.05, 4.69) is 5.18 Å². The topological polar surface area (TPSA) is 200 Å². The Labute approximate surface area is 217 Å². The third-order valence-electron chi connectivity index (χ3n) is 7.68. The third kappa shape index (κ3) is 3.45. The lowest BCUT2D eigenvalue weighted by atomic mass is 9.57. The number of ketones is 2. The van der Waals surface area contributed by atoms with E-state index in [1.807, 2.05) is 0 Å². The van der Waals surface area contributed by atoms with Crippen molar-refractivity contribution in [1.29, 1.82) is 0 Å². The Bertz CT molecular complexity index is 1380.